The van der Waals surface area contributed by atoms with Crippen molar-refractivity contribution in [3.8, 4) is 0 Å². The third-order valence-electron chi connectivity index (χ3n) is 4.66. The topological polar surface area (TPSA) is 67.2 Å². The summed E-state index contributed by atoms with van der Waals surface area (Å²) < 4.78 is 1.94. The molecule has 1 amide bonds. The van der Waals surface area contributed by atoms with Crippen LogP contribution in [-0.2, 0) is 11.8 Å². The van der Waals surface area contributed by atoms with Crippen molar-refractivity contribution in [1.82, 2.24) is 19.8 Å². The van der Waals surface area contributed by atoms with Crippen LogP contribution >= 0.6 is 12.4 Å². The lowest BCUT2D eigenvalue weighted by atomic mass is 10.0. The summed E-state index contributed by atoms with van der Waals surface area (Å²) in [5.41, 5.74) is 1.78. The standard InChI is InChI=1S/C19H24N4O2.ClH/c1-14-3-5-15(6-4-14)17(24)7-8-18(25)23-12-9-20-13-16(23)19-21-10-11-22(19)2;/h3-6,10-11,16,20H,7-9,12-13H2,1-2H3;1H. The molecule has 0 saturated carbocycles. The lowest BCUT2D eigenvalue weighted by molar-refractivity contribution is -0.134. The first-order valence-electron chi connectivity index (χ1n) is 8.63. The molecule has 6 nitrogen and oxygen atoms in total. The van der Waals surface area contributed by atoms with Crippen molar-refractivity contribution in [2.24, 2.45) is 7.05 Å². The van der Waals surface area contributed by atoms with E-state index in [4.69, 9.17) is 0 Å². The second kappa shape index (κ2) is 8.96. The van der Waals surface area contributed by atoms with Gasteiger partial charge in [-0.2, -0.15) is 0 Å². The average molecular weight is 377 g/mol. The molecule has 1 N–H and O–H groups in total. The van der Waals surface area contributed by atoms with Crippen molar-refractivity contribution in [3.63, 3.8) is 0 Å². The van der Waals surface area contributed by atoms with Crippen LogP contribution in [0.4, 0.5) is 0 Å². The number of benzene rings is 1. The van der Waals surface area contributed by atoms with Crippen LogP contribution in [0.5, 0.6) is 0 Å². The summed E-state index contributed by atoms with van der Waals surface area (Å²) in [6, 6.07) is 7.40. The first-order valence-corrected chi connectivity index (χ1v) is 8.63. The molecule has 1 aliphatic rings. The van der Waals surface area contributed by atoms with E-state index in [1.54, 1.807) is 6.20 Å². The lowest BCUT2D eigenvalue weighted by Crippen LogP contribution is -2.49. The van der Waals surface area contributed by atoms with Gasteiger partial charge in [-0.15, -0.1) is 12.4 Å². The summed E-state index contributed by atoms with van der Waals surface area (Å²) in [6.45, 7) is 4.07. The van der Waals surface area contributed by atoms with Crippen molar-refractivity contribution < 1.29 is 9.59 Å². The van der Waals surface area contributed by atoms with Crippen LogP contribution in [0.1, 0.15) is 40.6 Å². The fourth-order valence-electron chi connectivity index (χ4n) is 3.18. The number of Topliss-reactive ketones (excluding diaryl/α,β-unsaturated/α-hetero) is 1. The summed E-state index contributed by atoms with van der Waals surface area (Å²) >= 11 is 0. The number of rotatable bonds is 5. The number of ketones is 1. The zero-order valence-corrected chi connectivity index (χ0v) is 16.0. The molecule has 0 spiro atoms. The number of nitrogens with zero attached hydrogens (tertiary/aromatic N) is 3. The average Bonchev–Trinajstić information content (AvgIpc) is 3.06. The van der Waals surface area contributed by atoms with E-state index in [1.807, 2.05) is 53.9 Å². The highest BCUT2D eigenvalue weighted by molar-refractivity contribution is 5.98. The molecule has 0 aliphatic carbocycles. The van der Waals surface area contributed by atoms with Gasteiger partial charge in [0.2, 0.25) is 5.91 Å². The van der Waals surface area contributed by atoms with Gasteiger partial charge in [0, 0.05) is 57.5 Å². The molecule has 1 unspecified atom stereocenters. The molecule has 2 heterocycles. The van der Waals surface area contributed by atoms with E-state index in [2.05, 4.69) is 10.3 Å². The second-order valence-corrected chi connectivity index (χ2v) is 6.49. The van der Waals surface area contributed by atoms with E-state index in [0.29, 0.717) is 18.7 Å². The maximum atomic E-state index is 12.7. The first kappa shape index (κ1) is 20.1. The van der Waals surface area contributed by atoms with Crippen LogP contribution in [0.3, 0.4) is 0 Å². The molecule has 1 aliphatic heterocycles. The highest BCUT2D eigenvalue weighted by atomic mass is 35.5. The molecule has 26 heavy (non-hydrogen) atoms. The number of nitrogens with one attached hydrogen (secondary N) is 1. The van der Waals surface area contributed by atoms with E-state index < -0.39 is 0 Å². The monoisotopic (exact) mass is 376 g/mol. The molecule has 1 aromatic carbocycles. The highest BCUT2D eigenvalue weighted by Gasteiger charge is 2.30. The molecule has 140 valence electrons. The van der Waals surface area contributed by atoms with Gasteiger partial charge in [0.05, 0.1) is 0 Å². The number of piperazine rings is 1. The molecule has 0 radical (unpaired) electrons. The van der Waals surface area contributed by atoms with E-state index in [0.717, 1.165) is 17.9 Å². The number of amides is 1. The van der Waals surface area contributed by atoms with Crippen LogP contribution in [0, 0.1) is 6.92 Å². The van der Waals surface area contributed by atoms with Gasteiger partial charge in [-0.25, -0.2) is 4.98 Å². The Morgan fingerprint density at radius 3 is 2.62 bits per heavy atom. The minimum atomic E-state index is -0.0873. The number of halogens is 1. The van der Waals surface area contributed by atoms with Crippen molar-refractivity contribution in [2.45, 2.75) is 25.8 Å². The Bertz CT molecular complexity index is 757. The predicted molar refractivity (Wildman–Crippen MR) is 103 cm³/mol. The van der Waals surface area contributed by atoms with Crippen molar-refractivity contribution in [3.05, 3.63) is 53.6 Å². The summed E-state index contributed by atoms with van der Waals surface area (Å²) in [6.07, 6.45) is 4.09. The Morgan fingerprint density at radius 1 is 1.23 bits per heavy atom. The smallest absolute Gasteiger partial charge is 0.223 e. The van der Waals surface area contributed by atoms with Gasteiger partial charge in [-0.1, -0.05) is 29.8 Å². The van der Waals surface area contributed by atoms with Crippen LogP contribution in [-0.4, -0.2) is 45.8 Å². The largest absolute Gasteiger partial charge is 0.336 e. The predicted octanol–water partition coefficient (Wildman–Crippen LogP) is 2.29. The van der Waals surface area contributed by atoms with Gasteiger partial charge in [-0.05, 0) is 6.92 Å². The summed E-state index contributed by atoms with van der Waals surface area (Å²) in [7, 11) is 1.93. The third kappa shape index (κ3) is 4.51. The molecule has 1 aromatic heterocycles. The SMILES string of the molecule is Cc1ccc(C(=O)CCC(=O)N2CCNCC2c2nccn2C)cc1.Cl. The molecule has 1 saturated heterocycles. The fraction of sp³-hybridized carbons (Fsp3) is 0.421. The molecule has 2 aromatic rings. The minimum Gasteiger partial charge on any atom is -0.336 e. The Hall–Kier alpha value is -2.18. The number of aryl methyl sites for hydroxylation is 2. The zero-order chi connectivity index (χ0) is 17.8. The van der Waals surface area contributed by atoms with Crippen LogP contribution in [0.25, 0.3) is 0 Å². The van der Waals surface area contributed by atoms with Gasteiger partial charge < -0.3 is 14.8 Å². The molecule has 1 fully saturated rings. The minimum absolute atomic E-state index is 0. The van der Waals surface area contributed by atoms with E-state index in [-0.39, 0.29) is 43.0 Å². The van der Waals surface area contributed by atoms with E-state index >= 15 is 0 Å². The Balaban J connectivity index is 0.00000243. The van der Waals surface area contributed by atoms with Gasteiger partial charge >= 0.3 is 0 Å². The van der Waals surface area contributed by atoms with Gasteiger partial charge in [0.1, 0.15) is 11.9 Å². The number of hydrogen-bond acceptors (Lipinski definition) is 4. The number of carbonyl (C=O) groups is 2. The fourth-order valence-corrected chi connectivity index (χ4v) is 3.18. The first-order chi connectivity index (χ1) is 12.1. The molecule has 7 heteroatoms. The molecule has 3 rings (SSSR count). The number of carbonyl (C=O) groups excluding carboxylic acids is 2. The van der Waals surface area contributed by atoms with E-state index in [9.17, 15) is 9.59 Å². The summed E-state index contributed by atoms with van der Waals surface area (Å²) in [5, 5.41) is 3.32. The molecular weight excluding hydrogens is 352 g/mol. The molecular formula is C19H25ClN4O2. The highest BCUT2D eigenvalue weighted by Crippen LogP contribution is 2.22. The summed E-state index contributed by atoms with van der Waals surface area (Å²) in [5.74, 6) is 0.886. The molecule has 0 bridgehead atoms. The van der Waals surface area contributed by atoms with Crippen LogP contribution < -0.4 is 5.32 Å². The maximum Gasteiger partial charge on any atom is 0.223 e. The Labute approximate surface area is 160 Å². The van der Waals surface area contributed by atoms with Gasteiger partial charge in [-0.3, -0.25) is 9.59 Å². The summed E-state index contributed by atoms with van der Waals surface area (Å²) in [4.78, 5) is 31.3. The normalized spacial score (nSPS) is 16.8. The van der Waals surface area contributed by atoms with Crippen LogP contribution in [0.15, 0.2) is 36.7 Å². The molecule has 1 atom stereocenters. The Kier molecular flexibility index (Phi) is 6.94. The Morgan fingerprint density at radius 2 is 1.96 bits per heavy atom. The second-order valence-electron chi connectivity index (χ2n) is 6.49. The van der Waals surface area contributed by atoms with Gasteiger partial charge in [0.25, 0.3) is 0 Å². The zero-order valence-electron chi connectivity index (χ0n) is 15.1. The quantitative estimate of drug-likeness (QED) is 0.813. The third-order valence-corrected chi connectivity index (χ3v) is 4.66. The van der Waals surface area contributed by atoms with E-state index in [1.165, 1.54) is 0 Å². The van der Waals surface area contributed by atoms with Crippen molar-refractivity contribution in [1.29, 1.82) is 0 Å². The number of imidazole rings is 1. The van der Waals surface area contributed by atoms with Crippen molar-refractivity contribution >= 4 is 24.1 Å². The maximum absolute atomic E-state index is 12.7. The van der Waals surface area contributed by atoms with Gasteiger partial charge in [0.15, 0.2) is 5.78 Å². The van der Waals surface area contributed by atoms with Crippen molar-refractivity contribution in [2.75, 3.05) is 19.6 Å². The lowest BCUT2D eigenvalue weighted by Gasteiger charge is -2.35. The van der Waals surface area contributed by atoms with Crippen LogP contribution in [0.2, 0.25) is 0 Å². The number of aromatic nitrogens is 2. The number of hydrogen-bond donors (Lipinski definition) is 1.